The number of halogens is 3. The minimum absolute atomic E-state index is 0. The molecule has 7 aromatic carbocycles. The van der Waals surface area contributed by atoms with Crippen molar-refractivity contribution in [3.8, 4) is 12.1 Å². The van der Waals surface area contributed by atoms with E-state index in [0.29, 0.717) is 68.1 Å². The number of carboxylic acids is 1. The molecule has 3 aliphatic heterocycles. The van der Waals surface area contributed by atoms with Crippen LogP contribution in [0.15, 0.2) is 156 Å². The van der Waals surface area contributed by atoms with Crippen LogP contribution >= 0.6 is 7.60 Å². The molecule has 1 aromatic heterocycles. The van der Waals surface area contributed by atoms with E-state index < -0.39 is 55.1 Å². The predicted molar refractivity (Wildman–Crippen MR) is 283 cm³/mol. The van der Waals surface area contributed by atoms with Gasteiger partial charge in [-0.3, -0.25) is 14.2 Å². The van der Waals surface area contributed by atoms with Crippen molar-refractivity contribution >= 4 is 56.9 Å². The van der Waals surface area contributed by atoms with Gasteiger partial charge in [-0.1, -0.05) is 84.9 Å². The number of carbonyl (C=O) groups excluding carboxylic acids is 4. The lowest BCUT2D eigenvalue weighted by atomic mass is 9.98. The van der Waals surface area contributed by atoms with Crippen molar-refractivity contribution in [2.75, 3.05) is 14.2 Å². The van der Waals surface area contributed by atoms with Gasteiger partial charge in [-0.05, 0) is 77.9 Å². The summed E-state index contributed by atoms with van der Waals surface area (Å²) in [6.07, 6.45) is -0.162. The molecule has 18 nitrogen and oxygen atoms in total. The number of rotatable bonds is 9. The molecule has 0 amide bonds. The number of aromatic carboxylic acids is 1. The second kappa shape index (κ2) is 27.2. The molecule has 4 heterocycles. The number of nitrogens with one attached hydrogen (secondary N) is 1. The van der Waals surface area contributed by atoms with Gasteiger partial charge in [0.1, 0.15) is 42.0 Å². The smallest absolute Gasteiger partial charge is 0.375 e. The number of H-pyrrole nitrogens is 1. The topological polar surface area (TPSA) is 282 Å². The summed E-state index contributed by atoms with van der Waals surface area (Å²) in [6.45, 7) is 0. The lowest BCUT2D eigenvalue weighted by molar-refractivity contribution is -0.0548. The van der Waals surface area contributed by atoms with E-state index in [4.69, 9.17) is 39.3 Å². The maximum absolute atomic E-state index is 13.4. The molecule has 407 valence electrons. The summed E-state index contributed by atoms with van der Waals surface area (Å²) in [5.74, 6) is -5.50. The number of aliphatic hydroxyl groups is 1. The summed E-state index contributed by atoms with van der Waals surface area (Å²) in [5, 5.41) is 42.9. The highest BCUT2D eigenvalue weighted by Crippen LogP contribution is 2.63. The first-order valence-corrected chi connectivity index (χ1v) is 25.2. The van der Waals surface area contributed by atoms with E-state index in [-0.39, 0.29) is 49.2 Å². The molecule has 11 rings (SSSR count). The molecule has 3 atom stereocenters. The Morgan fingerprint density at radius 1 is 0.667 bits per heavy atom. The number of aromatic nitrogens is 2. The fraction of sp³-hybridized carbons (Fsp3) is 0.121. The molecule has 0 spiro atoms. The van der Waals surface area contributed by atoms with Crippen LogP contribution in [0, 0.1) is 40.1 Å². The van der Waals surface area contributed by atoms with Crippen LogP contribution in [0.2, 0.25) is 0 Å². The zero-order valence-electron chi connectivity index (χ0n) is 42.5. The summed E-state index contributed by atoms with van der Waals surface area (Å²) < 4.78 is 76.0. The van der Waals surface area contributed by atoms with Crippen LogP contribution in [0.4, 0.5) is 13.2 Å². The Kier molecular flexibility index (Phi) is 20.3. The molecule has 8 aromatic rings. The number of cyclic esters (lactones) is 3. The second-order valence-electron chi connectivity index (χ2n) is 17.0. The Hall–Kier alpha value is -9.83. The van der Waals surface area contributed by atoms with E-state index in [1.807, 2.05) is 12.1 Å². The Morgan fingerprint density at radius 2 is 1.17 bits per heavy atom. The Labute approximate surface area is 460 Å². The minimum atomic E-state index is -3.44. The number of nitriles is 2. The van der Waals surface area contributed by atoms with E-state index in [1.54, 1.807) is 103 Å². The summed E-state index contributed by atoms with van der Waals surface area (Å²) in [5.41, 5.74) is 4.85. The highest BCUT2D eigenvalue weighted by Gasteiger charge is 2.45. The average molecular weight is 1120 g/mol. The third-order valence-electron chi connectivity index (χ3n) is 12.1. The number of aliphatic hydroxyl groups excluding tert-OH is 1. The molecule has 0 bridgehead atoms. The van der Waals surface area contributed by atoms with Gasteiger partial charge in [0.15, 0.2) is 0 Å². The SMILES string of the molecule is COP(=O)(OC)C1OC(=O)c2ccccc21.N#Cc1cc(C=O)ccc1F.N#Cc1cc(CC2OC(=O)c3ccccc32)ccc1F.O=C(O)c1cc(Cc2n[nH]c(=O)c3ccccc23)ccc1F.O=C1OC(O)c2ccccc21.[B]. The highest BCUT2D eigenvalue weighted by atomic mass is 31.2. The number of ether oxygens (including phenoxy) is 3. The van der Waals surface area contributed by atoms with Crippen LogP contribution in [-0.4, -0.2) is 73.2 Å². The second-order valence-corrected chi connectivity index (χ2v) is 19.3. The number of aldehydes is 1. The van der Waals surface area contributed by atoms with Gasteiger partial charge in [0.05, 0.1) is 44.5 Å². The van der Waals surface area contributed by atoms with E-state index in [1.165, 1.54) is 50.6 Å². The lowest BCUT2D eigenvalue weighted by Crippen LogP contribution is -2.11. The number of carboxylic acid groups (broad SMARTS) is 1. The van der Waals surface area contributed by atoms with Gasteiger partial charge in [-0.15, -0.1) is 0 Å². The number of carbonyl (C=O) groups is 5. The van der Waals surface area contributed by atoms with Crippen LogP contribution < -0.4 is 5.56 Å². The summed E-state index contributed by atoms with van der Waals surface area (Å²) in [6, 6.07) is 43.1. The molecule has 81 heavy (non-hydrogen) atoms. The molecule has 0 saturated heterocycles. The van der Waals surface area contributed by atoms with Gasteiger partial charge >= 0.3 is 31.5 Å². The van der Waals surface area contributed by atoms with Crippen LogP contribution in [0.25, 0.3) is 10.8 Å². The van der Waals surface area contributed by atoms with Gasteiger partial charge in [0.25, 0.3) is 5.56 Å². The van der Waals surface area contributed by atoms with Crippen LogP contribution in [0.5, 0.6) is 0 Å². The van der Waals surface area contributed by atoms with E-state index in [9.17, 15) is 46.5 Å². The first-order valence-electron chi connectivity index (χ1n) is 23.5. The molecular weight excluding hydrogens is 1080 g/mol. The maximum Gasteiger partial charge on any atom is 0.375 e. The first-order chi connectivity index (χ1) is 38.4. The quantitative estimate of drug-likeness (QED) is 0.0398. The lowest BCUT2D eigenvalue weighted by Gasteiger charge is -2.19. The molecule has 3 aliphatic rings. The van der Waals surface area contributed by atoms with Crippen molar-refractivity contribution in [1.82, 2.24) is 10.2 Å². The Balaban J connectivity index is 0.000000167. The van der Waals surface area contributed by atoms with Crippen molar-refractivity contribution in [2.24, 2.45) is 0 Å². The molecule has 0 fully saturated rings. The number of fused-ring (bicyclic) bond motifs is 4. The van der Waals surface area contributed by atoms with E-state index in [0.717, 1.165) is 23.3 Å². The van der Waals surface area contributed by atoms with Crippen molar-refractivity contribution in [3.05, 3.63) is 252 Å². The Morgan fingerprint density at radius 3 is 1.78 bits per heavy atom. The zero-order chi connectivity index (χ0) is 57.7. The number of aromatic amines is 1. The monoisotopic (exact) mass is 1120 g/mol. The fourth-order valence-corrected chi connectivity index (χ4v) is 9.50. The van der Waals surface area contributed by atoms with E-state index >= 15 is 0 Å². The van der Waals surface area contributed by atoms with Crippen molar-refractivity contribution < 1.29 is 75.2 Å². The predicted octanol–water partition coefficient (Wildman–Crippen LogP) is 9.82. The van der Waals surface area contributed by atoms with Gasteiger partial charge < -0.3 is 33.5 Å². The standard InChI is InChI=1S/C16H11FN2O3.C16H10FNO2.C10H11O5P.C8H4FNO.C8H6O3.B/c17-13-6-5-9(7-12(13)16(21)22)8-14-10-3-1-2-4-11(10)15(20)19-18-14;17-14-6-5-10(7-11(14)9-18)8-15-12-3-1-2-4-13(12)16(19)20-15;1-13-16(12,14-2)10-8-6-4-3-5-7(8)9(11)15-10;9-8-2-1-6(5-11)3-7(8)4-10;9-7-5-3-1-2-4-6(5)8(10)11-7;/h1-7H,8H2,(H,19,20)(H,21,22);1-7,15H,8H2;3-6,10H,1-2H3;1-3,5H;1-4,7,9H;. The minimum Gasteiger partial charge on any atom is -0.478 e. The normalized spacial score (nSPS) is 14.9. The summed E-state index contributed by atoms with van der Waals surface area (Å²) in [7, 11) is -0.916. The maximum atomic E-state index is 13.4. The van der Waals surface area contributed by atoms with Gasteiger partial charge in [-0.25, -0.2) is 37.4 Å². The number of hydrogen-bond donors (Lipinski definition) is 3. The van der Waals surface area contributed by atoms with Gasteiger partial charge in [0, 0.05) is 63.1 Å². The molecule has 0 aliphatic carbocycles. The fourth-order valence-electron chi connectivity index (χ4n) is 8.17. The molecule has 3 N–H and O–H groups in total. The Bertz CT molecular complexity index is 3900. The average Bonchev–Trinajstić information content (AvgIpc) is 4.17. The summed E-state index contributed by atoms with van der Waals surface area (Å²) >= 11 is 0. The highest BCUT2D eigenvalue weighted by molar-refractivity contribution is 7.54. The van der Waals surface area contributed by atoms with Gasteiger partial charge in [0.2, 0.25) is 12.1 Å². The van der Waals surface area contributed by atoms with Crippen molar-refractivity contribution in [3.63, 3.8) is 0 Å². The van der Waals surface area contributed by atoms with Gasteiger partial charge in [-0.2, -0.15) is 15.6 Å². The van der Waals surface area contributed by atoms with Crippen molar-refractivity contribution in [2.45, 2.75) is 31.1 Å². The number of hydrogen-bond acceptors (Lipinski definition) is 16. The molecular formula is C58H42BF3N4O14P. The zero-order valence-corrected chi connectivity index (χ0v) is 43.3. The number of esters is 3. The van der Waals surface area contributed by atoms with Crippen molar-refractivity contribution in [1.29, 1.82) is 10.5 Å². The van der Waals surface area contributed by atoms with E-state index in [2.05, 4.69) is 14.9 Å². The number of benzene rings is 7. The van der Waals surface area contributed by atoms with Crippen LogP contribution in [0.3, 0.4) is 0 Å². The first kappa shape index (κ1) is 60.4. The number of nitrogens with zero attached hydrogens (tertiary/aromatic N) is 3. The van der Waals surface area contributed by atoms with Crippen LogP contribution in [-0.2, 0) is 40.7 Å². The third-order valence-corrected chi connectivity index (χ3v) is 14.1. The molecule has 3 unspecified atom stereocenters. The third kappa shape index (κ3) is 14.1. The summed E-state index contributed by atoms with van der Waals surface area (Å²) in [4.78, 5) is 67.0. The molecule has 23 heteroatoms. The molecule has 3 radical (unpaired) electrons. The van der Waals surface area contributed by atoms with Crippen LogP contribution in [0.1, 0.15) is 115 Å². The largest absolute Gasteiger partial charge is 0.478 e. The molecule has 0 saturated carbocycles.